The van der Waals surface area contributed by atoms with Gasteiger partial charge in [0.1, 0.15) is 0 Å². The fraction of sp³-hybridized carbons (Fsp3) is 0.111. The zero-order valence-corrected chi connectivity index (χ0v) is 16.3. The predicted octanol–water partition coefficient (Wildman–Crippen LogP) is 2.57. The quantitative estimate of drug-likeness (QED) is 0.342. The van der Waals surface area contributed by atoms with Crippen LogP contribution < -0.4 is 0 Å². The first-order chi connectivity index (χ1) is 11.9. The van der Waals surface area contributed by atoms with E-state index in [1.54, 1.807) is 0 Å². The number of methoxy groups -OCH3 is 1. The Kier molecular flexibility index (Phi) is 76.1. The second-order valence-corrected chi connectivity index (χ2v) is 2.64. The summed E-state index contributed by atoms with van der Waals surface area (Å²) in [5.41, 5.74) is 2.09. The third-order valence-corrected chi connectivity index (χ3v) is 1.66. The third kappa shape index (κ3) is 30.3. The van der Waals surface area contributed by atoms with E-state index in [0.717, 1.165) is 11.1 Å². The van der Waals surface area contributed by atoms with Crippen LogP contribution in [0, 0.1) is 51.7 Å². The number of ether oxygens (including phenoxy) is 1. The van der Waals surface area contributed by atoms with Crippen molar-refractivity contribution in [2.24, 2.45) is 0 Å². The molecule has 0 aliphatic rings. The van der Waals surface area contributed by atoms with E-state index in [1.165, 1.54) is 7.11 Å². The Morgan fingerprint density at radius 1 is 0.880 bits per heavy atom. The molecule has 0 unspecified atom stereocenters. The van der Waals surface area contributed by atoms with E-state index in [2.05, 4.69) is 56.4 Å². The van der Waals surface area contributed by atoms with Gasteiger partial charge in [-0.3, -0.25) is 0 Å². The fourth-order valence-electron chi connectivity index (χ4n) is 1.08. The average molecular weight is 508 g/mol. The minimum atomic E-state index is 0. The molecule has 2 radical (unpaired) electrons. The Labute approximate surface area is 162 Å². The van der Waals surface area contributed by atoms with Gasteiger partial charge >= 0.3 is 56.5 Å². The van der Waals surface area contributed by atoms with Gasteiger partial charge in [0.05, 0.1) is 0 Å². The predicted molar refractivity (Wildman–Crippen MR) is 77.9 cm³/mol. The monoisotopic (exact) mass is 508 g/mol. The molecule has 0 atom stereocenters. The molecule has 126 valence electrons. The Morgan fingerprint density at radius 3 is 1.72 bits per heavy atom. The molecule has 0 fully saturated rings. The molecule has 1 aromatic rings. The summed E-state index contributed by atoms with van der Waals surface area (Å²) >= 11 is 0. The maximum Gasteiger partial charge on any atom is 0 e. The maximum atomic E-state index is 7.50. The number of rotatable bonds is 2. The Morgan fingerprint density at radius 2 is 1.32 bits per heavy atom. The van der Waals surface area contributed by atoms with Crippen LogP contribution in [-0.2, 0) is 49.1 Å². The van der Waals surface area contributed by atoms with E-state index in [1.807, 2.05) is 43.3 Å². The topological polar surface area (TPSA) is 109 Å². The summed E-state index contributed by atoms with van der Waals surface area (Å²) in [6, 6.07) is 7.95. The van der Waals surface area contributed by atoms with E-state index in [-0.39, 0.29) is 21.1 Å². The molecule has 0 bridgehead atoms. The van der Waals surface area contributed by atoms with Gasteiger partial charge in [-0.15, -0.1) is 0 Å². The molecule has 0 aliphatic carbocycles. The molecule has 25 heavy (non-hydrogen) atoms. The van der Waals surface area contributed by atoms with Crippen molar-refractivity contribution in [3.8, 4) is 11.8 Å². The maximum absolute atomic E-state index is 7.50. The van der Waals surface area contributed by atoms with Crippen molar-refractivity contribution in [2.45, 2.75) is 6.92 Å². The Hall–Kier alpha value is -2.13. The first-order valence-corrected chi connectivity index (χ1v) is 5.41. The summed E-state index contributed by atoms with van der Waals surface area (Å²) in [4.78, 5) is 0. The van der Waals surface area contributed by atoms with Crippen molar-refractivity contribution in [1.82, 2.24) is 0 Å². The SMILES string of the molecule is C/C=C/c1ccccc1C#C[C]OC.[C-]#[O+].[C-]#[O+].[C-]#[O+].[C-]#[O+].[C-]#[O+].[W]. The third-order valence-electron chi connectivity index (χ3n) is 1.66. The van der Waals surface area contributed by atoms with Gasteiger partial charge in [0, 0.05) is 33.7 Å². The fourth-order valence-corrected chi connectivity index (χ4v) is 1.08. The Bertz CT molecular complexity index is 536. The molecule has 0 heterocycles. The minimum Gasteiger partial charge on any atom is 0 e. The van der Waals surface area contributed by atoms with Gasteiger partial charge in [-0.2, -0.15) is 0 Å². The van der Waals surface area contributed by atoms with Crippen LogP contribution in [-0.4, -0.2) is 7.11 Å². The van der Waals surface area contributed by atoms with Gasteiger partial charge in [0.25, 0.3) is 0 Å². The van der Waals surface area contributed by atoms with Gasteiger partial charge in [-0.1, -0.05) is 42.2 Å². The Balaban J connectivity index is -0.0000000708. The molecule has 0 N–H and O–H groups in total. The van der Waals surface area contributed by atoms with Gasteiger partial charge in [0.2, 0.25) is 6.61 Å². The summed E-state index contributed by atoms with van der Waals surface area (Å²) in [5, 5.41) is 0. The van der Waals surface area contributed by atoms with E-state index < -0.39 is 0 Å². The molecular formula is C18H12O6W. The molecule has 0 aromatic heterocycles. The van der Waals surface area contributed by atoms with Crippen LogP contribution in [0.5, 0.6) is 0 Å². The zero-order valence-electron chi connectivity index (χ0n) is 13.3. The standard InChI is InChI=1S/C13H12O.5CO.W/c1-3-7-12-8-4-5-9-13(12)10-6-11-14-2;5*1-2;/h3-5,7-9H,1-2H3;;;;;;/b7-3+;;;;;;. The molecule has 0 saturated carbocycles. The summed E-state index contributed by atoms with van der Waals surface area (Å²) in [6.45, 7) is 27.0. The van der Waals surface area contributed by atoms with Gasteiger partial charge in [-0.25, -0.2) is 0 Å². The number of benzene rings is 1. The van der Waals surface area contributed by atoms with Gasteiger partial charge in [-0.05, 0) is 18.6 Å². The molecule has 0 amide bonds. The van der Waals surface area contributed by atoms with Crippen LogP contribution >= 0.6 is 0 Å². The second kappa shape index (κ2) is 49.5. The molecule has 0 spiro atoms. The number of hydrogen-bond acceptors (Lipinski definition) is 1. The van der Waals surface area contributed by atoms with Crippen molar-refractivity contribution < 1.29 is 49.1 Å². The van der Waals surface area contributed by atoms with E-state index in [9.17, 15) is 0 Å². The summed E-state index contributed by atoms with van der Waals surface area (Å²) in [6.07, 6.45) is 4.01. The van der Waals surface area contributed by atoms with E-state index >= 15 is 0 Å². The van der Waals surface area contributed by atoms with Crippen LogP contribution in [0.2, 0.25) is 0 Å². The van der Waals surface area contributed by atoms with Crippen LogP contribution in [0.1, 0.15) is 18.1 Å². The molecule has 0 aliphatic heterocycles. The first kappa shape index (κ1) is 38.4. The zero-order chi connectivity index (χ0) is 20.2. The van der Waals surface area contributed by atoms with Crippen molar-refractivity contribution in [3.63, 3.8) is 0 Å². The molecule has 0 saturated heterocycles. The molecule has 1 aromatic carbocycles. The molecular weight excluding hydrogens is 496 g/mol. The van der Waals surface area contributed by atoms with Crippen LogP contribution in [0.4, 0.5) is 0 Å². The van der Waals surface area contributed by atoms with Gasteiger partial charge < -0.3 is 4.74 Å². The molecule has 6 nitrogen and oxygen atoms in total. The normalized spacial score (nSPS) is 5.92. The first-order valence-electron chi connectivity index (χ1n) is 5.41. The minimum absolute atomic E-state index is 0. The van der Waals surface area contributed by atoms with E-state index in [0.29, 0.717) is 0 Å². The van der Waals surface area contributed by atoms with Crippen molar-refractivity contribution in [2.75, 3.05) is 7.11 Å². The largest absolute Gasteiger partial charge is 0 e. The molecule has 1 rings (SSSR count). The van der Waals surface area contributed by atoms with Crippen LogP contribution in [0.3, 0.4) is 0 Å². The summed E-state index contributed by atoms with van der Waals surface area (Å²) in [5.74, 6) is 5.66. The number of hydrogen-bond donors (Lipinski definition) is 0. The van der Waals surface area contributed by atoms with Crippen molar-refractivity contribution in [1.29, 1.82) is 0 Å². The summed E-state index contributed by atoms with van der Waals surface area (Å²) in [7, 11) is 1.53. The summed E-state index contributed by atoms with van der Waals surface area (Å²) < 4.78 is 42.1. The van der Waals surface area contributed by atoms with Crippen molar-refractivity contribution >= 4 is 6.08 Å². The van der Waals surface area contributed by atoms with Gasteiger partial charge in [0.15, 0.2) is 0 Å². The van der Waals surface area contributed by atoms with Crippen molar-refractivity contribution in [3.05, 3.63) is 81.3 Å². The van der Waals surface area contributed by atoms with E-state index in [4.69, 9.17) is 23.3 Å². The van der Waals surface area contributed by atoms with Crippen LogP contribution in [0.25, 0.3) is 6.08 Å². The second-order valence-electron chi connectivity index (χ2n) is 2.64. The molecule has 7 heteroatoms. The van der Waals surface area contributed by atoms with Crippen LogP contribution in [0.15, 0.2) is 30.3 Å². The average Bonchev–Trinajstić information content (AvgIpc) is 2.71. The number of allylic oxidation sites excluding steroid dienone is 1. The smallest absolute Gasteiger partial charge is 0 e.